The lowest BCUT2D eigenvalue weighted by molar-refractivity contribution is 0.364. The van der Waals surface area contributed by atoms with Gasteiger partial charge in [0.25, 0.3) is 0 Å². The van der Waals surface area contributed by atoms with Crippen LogP contribution < -0.4 is 4.90 Å². The number of hydrogen-bond acceptors (Lipinski definition) is 4. The van der Waals surface area contributed by atoms with Crippen molar-refractivity contribution >= 4 is 11.5 Å². The molecule has 1 aliphatic heterocycles. The maximum absolute atomic E-state index is 13.9. The van der Waals surface area contributed by atoms with Gasteiger partial charge in [-0.25, -0.2) is 18.9 Å². The summed E-state index contributed by atoms with van der Waals surface area (Å²) in [6.45, 7) is 0.998. The average molecular weight is 359 g/mol. The number of hydrogen-bond donors (Lipinski definition) is 0. The quantitative estimate of drug-likeness (QED) is 0.555. The molecule has 0 spiro atoms. The van der Waals surface area contributed by atoms with Crippen LogP contribution in [-0.4, -0.2) is 38.8 Å². The van der Waals surface area contributed by atoms with E-state index >= 15 is 0 Å². The van der Waals surface area contributed by atoms with E-state index in [1.165, 1.54) is 0 Å². The Bertz CT molecular complexity index is 1060. The molecule has 0 bridgehead atoms. The minimum absolute atomic E-state index is 0.353. The van der Waals surface area contributed by atoms with Crippen LogP contribution in [0.25, 0.3) is 28.2 Å². The summed E-state index contributed by atoms with van der Waals surface area (Å²) < 4.78 is 15.6. The molecule has 1 aliphatic rings. The summed E-state index contributed by atoms with van der Waals surface area (Å²) >= 11 is 0. The first kappa shape index (κ1) is 15.9. The molecule has 0 amide bonds. The molecule has 1 fully saturated rings. The Morgan fingerprint density at radius 2 is 1.85 bits per heavy atom. The van der Waals surface area contributed by atoms with Gasteiger partial charge >= 0.3 is 0 Å². The summed E-state index contributed by atoms with van der Waals surface area (Å²) in [5.41, 5.74) is 3.68. The van der Waals surface area contributed by atoms with Crippen LogP contribution in [-0.2, 0) is 0 Å². The molecule has 4 aromatic rings. The molecule has 0 radical (unpaired) electrons. The van der Waals surface area contributed by atoms with Gasteiger partial charge in [0.2, 0.25) is 0 Å². The number of alkyl halides is 1. The lowest BCUT2D eigenvalue weighted by Crippen LogP contribution is -2.22. The fourth-order valence-electron chi connectivity index (χ4n) is 3.62. The van der Waals surface area contributed by atoms with Crippen molar-refractivity contribution in [3.63, 3.8) is 0 Å². The third-order valence-corrected chi connectivity index (χ3v) is 4.91. The fraction of sp³-hybridized carbons (Fsp3) is 0.190. The van der Waals surface area contributed by atoms with Crippen molar-refractivity contribution in [2.75, 3.05) is 18.0 Å². The first-order valence-corrected chi connectivity index (χ1v) is 9.05. The van der Waals surface area contributed by atoms with E-state index in [0.717, 1.165) is 28.2 Å². The average Bonchev–Trinajstić information content (AvgIpc) is 3.34. The molecule has 134 valence electrons. The second-order valence-electron chi connectivity index (χ2n) is 6.69. The van der Waals surface area contributed by atoms with E-state index in [1.807, 2.05) is 53.6 Å². The van der Waals surface area contributed by atoms with E-state index in [2.05, 4.69) is 22.2 Å². The van der Waals surface area contributed by atoms with Gasteiger partial charge in [-0.1, -0.05) is 36.4 Å². The van der Waals surface area contributed by atoms with E-state index in [4.69, 9.17) is 4.98 Å². The Kier molecular flexibility index (Phi) is 3.81. The predicted octanol–water partition coefficient (Wildman–Crippen LogP) is 4.01. The minimum Gasteiger partial charge on any atom is -0.353 e. The van der Waals surface area contributed by atoms with Gasteiger partial charge in [0.1, 0.15) is 12.0 Å². The van der Waals surface area contributed by atoms with Crippen LogP contribution in [0, 0.1) is 0 Å². The second kappa shape index (κ2) is 6.46. The highest BCUT2D eigenvalue weighted by molar-refractivity contribution is 5.88. The summed E-state index contributed by atoms with van der Waals surface area (Å²) in [6, 6.07) is 17.9. The molecule has 5 rings (SSSR count). The van der Waals surface area contributed by atoms with Crippen molar-refractivity contribution in [1.29, 1.82) is 0 Å². The molecule has 0 N–H and O–H groups in total. The lowest BCUT2D eigenvalue weighted by Gasteiger charge is -2.21. The van der Waals surface area contributed by atoms with Gasteiger partial charge in [0.05, 0.1) is 12.1 Å². The van der Waals surface area contributed by atoms with Crippen molar-refractivity contribution in [3.05, 3.63) is 67.0 Å². The minimum atomic E-state index is -0.825. The SMILES string of the molecule is F[C@H]1CCN(c2nccc(-c3ccccc3)c2-c2nc3ccccn3n2)C1. The van der Waals surface area contributed by atoms with E-state index in [1.54, 1.807) is 10.7 Å². The first-order chi connectivity index (χ1) is 13.3. The molecule has 0 unspecified atom stereocenters. The lowest BCUT2D eigenvalue weighted by atomic mass is 10.00. The third-order valence-electron chi connectivity index (χ3n) is 4.91. The van der Waals surface area contributed by atoms with Gasteiger partial charge in [0, 0.05) is 18.9 Å². The molecular weight excluding hydrogens is 341 g/mol. The second-order valence-corrected chi connectivity index (χ2v) is 6.69. The number of benzene rings is 1. The zero-order valence-electron chi connectivity index (χ0n) is 14.7. The van der Waals surface area contributed by atoms with Crippen molar-refractivity contribution in [2.24, 2.45) is 0 Å². The Hall–Kier alpha value is -3.28. The first-order valence-electron chi connectivity index (χ1n) is 9.05. The highest BCUT2D eigenvalue weighted by Crippen LogP contribution is 2.38. The van der Waals surface area contributed by atoms with E-state index < -0.39 is 6.17 Å². The summed E-state index contributed by atoms with van der Waals surface area (Å²) in [5.74, 6) is 1.35. The van der Waals surface area contributed by atoms with Crippen molar-refractivity contribution < 1.29 is 4.39 Å². The highest BCUT2D eigenvalue weighted by Gasteiger charge is 2.28. The molecule has 1 saturated heterocycles. The van der Waals surface area contributed by atoms with E-state index in [0.29, 0.717) is 25.3 Å². The zero-order valence-corrected chi connectivity index (χ0v) is 14.7. The van der Waals surface area contributed by atoms with E-state index in [-0.39, 0.29) is 0 Å². The van der Waals surface area contributed by atoms with Crippen LogP contribution in [0.2, 0.25) is 0 Å². The predicted molar refractivity (Wildman–Crippen MR) is 103 cm³/mol. The van der Waals surface area contributed by atoms with Gasteiger partial charge in [0.15, 0.2) is 11.5 Å². The molecule has 27 heavy (non-hydrogen) atoms. The van der Waals surface area contributed by atoms with Crippen molar-refractivity contribution in [3.8, 4) is 22.5 Å². The van der Waals surface area contributed by atoms with Gasteiger partial charge in [-0.3, -0.25) is 0 Å². The number of nitrogens with zero attached hydrogens (tertiary/aromatic N) is 5. The van der Waals surface area contributed by atoms with Crippen LogP contribution in [0.15, 0.2) is 67.0 Å². The molecule has 0 aliphatic carbocycles. The van der Waals surface area contributed by atoms with Gasteiger partial charge in [-0.15, -0.1) is 5.10 Å². The normalized spacial score (nSPS) is 16.9. The highest BCUT2D eigenvalue weighted by atomic mass is 19.1. The molecular formula is C21H18FN5. The summed E-state index contributed by atoms with van der Waals surface area (Å²) in [7, 11) is 0. The topological polar surface area (TPSA) is 46.3 Å². The Morgan fingerprint density at radius 1 is 1.00 bits per heavy atom. The fourth-order valence-corrected chi connectivity index (χ4v) is 3.62. The Labute approximate surface area is 156 Å². The monoisotopic (exact) mass is 359 g/mol. The van der Waals surface area contributed by atoms with Crippen LogP contribution in [0.1, 0.15) is 6.42 Å². The van der Waals surface area contributed by atoms with Crippen LogP contribution >= 0.6 is 0 Å². The summed E-state index contributed by atoms with van der Waals surface area (Å²) in [5, 5.41) is 4.67. The smallest absolute Gasteiger partial charge is 0.186 e. The van der Waals surface area contributed by atoms with Crippen LogP contribution in [0.4, 0.5) is 10.2 Å². The van der Waals surface area contributed by atoms with Gasteiger partial charge in [-0.2, -0.15) is 0 Å². The third kappa shape index (κ3) is 2.83. The Morgan fingerprint density at radius 3 is 2.63 bits per heavy atom. The number of pyridine rings is 2. The van der Waals surface area contributed by atoms with Crippen molar-refractivity contribution in [1.82, 2.24) is 19.6 Å². The largest absolute Gasteiger partial charge is 0.353 e. The molecule has 5 nitrogen and oxygen atoms in total. The number of aromatic nitrogens is 4. The number of rotatable bonds is 3. The number of fused-ring (bicyclic) bond motifs is 1. The molecule has 3 aromatic heterocycles. The molecule has 6 heteroatoms. The van der Waals surface area contributed by atoms with Gasteiger partial charge in [-0.05, 0) is 35.7 Å². The van der Waals surface area contributed by atoms with Gasteiger partial charge < -0.3 is 4.90 Å². The Balaban J connectivity index is 1.75. The maximum atomic E-state index is 13.9. The number of anilines is 1. The molecule has 0 saturated carbocycles. The molecule has 1 atom stereocenters. The summed E-state index contributed by atoms with van der Waals surface area (Å²) in [4.78, 5) is 11.3. The maximum Gasteiger partial charge on any atom is 0.186 e. The van der Waals surface area contributed by atoms with E-state index in [9.17, 15) is 4.39 Å². The molecule has 1 aromatic carbocycles. The molecule has 4 heterocycles. The zero-order chi connectivity index (χ0) is 18.2. The summed E-state index contributed by atoms with van der Waals surface area (Å²) in [6.07, 6.45) is 3.35. The van der Waals surface area contributed by atoms with Crippen LogP contribution in [0.5, 0.6) is 0 Å². The standard InChI is InChI=1S/C21H18FN5/c22-16-10-13-26(14-16)21-19(20-24-18-8-4-5-12-27(18)25-20)17(9-11-23-21)15-6-2-1-3-7-15/h1-9,11-12,16H,10,13-14H2/t16-/m0/s1. The van der Waals surface area contributed by atoms with Crippen molar-refractivity contribution in [2.45, 2.75) is 12.6 Å². The number of halogens is 1. The van der Waals surface area contributed by atoms with Crippen LogP contribution in [0.3, 0.4) is 0 Å².